The van der Waals surface area contributed by atoms with Crippen LogP contribution in [0.4, 0.5) is 10.1 Å². The molecule has 0 bridgehead atoms. The lowest BCUT2D eigenvalue weighted by Crippen LogP contribution is -1.79. The Balaban J connectivity index is 3.40. The molecule has 0 unspecified atom stereocenters. The third kappa shape index (κ3) is 1.58. The van der Waals surface area contributed by atoms with Crippen molar-refractivity contribution in [3.63, 3.8) is 0 Å². The highest BCUT2D eigenvalue weighted by Crippen LogP contribution is 2.26. The molecule has 1 rings (SSSR count). The summed E-state index contributed by atoms with van der Waals surface area (Å²) in [7, 11) is 0. The summed E-state index contributed by atoms with van der Waals surface area (Å²) in [6.45, 7) is 8.38. The van der Waals surface area contributed by atoms with Gasteiger partial charge in [0.1, 0.15) is 5.82 Å². The molecule has 56 valence electrons. The van der Waals surface area contributed by atoms with Gasteiger partial charge in [-0.05, 0) is 18.6 Å². The van der Waals surface area contributed by atoms with Crippen LogP contribution in [0.3, 0.4) is 0 Å². The van der Waals surface area contributed by atoms with E-state index in [9.17, 15) is 4.39 Å². The maximum Gasteiger partial charge on any atom is 0.225 e. The lowest BCUT2D eigenvalue weighted by molar-refractivity contribution is 0.632. The molecule has 0 radical (unpaired) electrons. The predicted octanol–water partition coefficient (Wildman–Crippen LogP) is 3.45. The highest BCUT2D eigenvalue weighted by molar-refractivity contribution is 9.10. The van der Waals surface area contributed by atoms with E-state index in [4.69, 9.17) is 6.57 Å². The fraction of sp³-hybridized carbons (Fsp3) is 0.125. The highest BCUT2D eigenvalue weighted by atomic mass is 79.9. The third-order valence-corrected chi connectivity index (χ3v) is 1.79. The lowest BCUT2D eigenvalue weighted by atomic mass is 10.2. The molecule has 0 aliphatic heterocycles. The van der Waals surface area contributed by atoms with Crippen LogP contribution in [0.2, 0.25) is 0 Å². The van der Waals surface area contributed by atoms with Gasteiger partial charge in [-0.25, -0.2) is 9.24 Å². The molecule has 1 aromatic carbocycles. The van der Waals surface area contributed by atoms with Crippen LogP contribution in [0.15, 0.2) is 16.6 Å². The maximum absolute atomic E-state index is 12.9. The topological polar surface area (TPSA) is 4.36 Å². The molecule has 0 N–H and O–H groups in total. The molecule has 1 aromatic rings. The van der Waals surface area contributed by atoms with Gasteiger partial charge in [-0.2, -0.15) is 0 Å². The average Bonchev–Trinajstić information content (AvgIpc) is 1.85. The van der Waals surface area contributed by atoms with Gasteiger partial charge in [0.15, 0.2) is 0 Å². The predicted molar refractivity (Wildman–Crippen MR) is 45.1 cm³/mol. The Hall–Kier alpha value is -0.880. The first kappa shape index (κ1) is 8.22. The second-order valence-corrected chi connectivity index (χ2v) is 3.08. The summed E-state index contributed by atoms with van der Waals surface area (Å²) in [4.78, 5) is 3.06. The zero-order valence-electron chi connectivity index (χ0n) is 5.86. The van der Waals surface area contributed by atoms with Crippen LogP contribution in [0.1, 0.15) is 5.56 Å². The first-order chi connectivity index (χ1) is 5.15. The maximum atomic E-state index is 12.9. The molecule has 0 amide bonds. The number of aryl methyl sites for hydroxylation is 1. The molecule has 3 heteroatoms. The average molecular weight is 214 g/mol. The fourth-order valence-corrected chi connectivity index (χ4v) is 1.38. The van der Waals surface area contributed by atoms with Crippen molar-refractivity contribution in [1.82, 2.24) is 0 Å². The number of nitrogens with zero attached hydrogens (tertiary/aromatic N) is 1. The fourth-order valence-electron chi connectivity index (χ4n) is 0.836. The van der Waals surface area contributed by atoms with Crippen molar-refractivity contribution >= 4 is 21.6 Å². The monoisotopic (exact) mass is 213 g/mol. The van der Waals surface area contributed by atoms with Gasteiger partial charge in [0, 0.05) is 4.47 Å². The molecule has 0 atom stereocenters. The Morgan fingerprint density at radius 1 is 1.55 bits per heavy atom. The molecule has 1 nitrogen and oxygen atoms in total. The van der Waals surface area contributed by atoms with Gasteiger partial charge in [-0.3, -0.25) is 0 Å². The van der Waals surface area contributed by atoms with Crippen molar-refractivity contribution < 1.29 is 4.39 Å². The second kappa shape index (κ2) is 3.02. The van der Waals surface area contributed by atoms with E-state index in [1.54, 1.807) is 13.0 Å². The quantitative estimate of drug-likeness (QED) is 0.582. The number of rotatable bonds is 0. The molecular formula is C8H5BrFN. The van der Waals surface area contributed by atoms with Crippen LogP contribution in [-0.4, -0.2) is 0 Å². The summed E-state index contributed by atoms with van der Waals surface area (Å²) in [5, 5.41) is 0. The van der Waals surface area contributed by atoms with E-state index < -0.39 is 5.82 Å². The zero-order valence-corrected chi connectivity index (χ0v) is 7.44. The van der Waals surface area contributed by atoms with Crippen molar-refractivity contribution in [2.75, 3.05) is 0 Å². The van der Waals surface area contributed by atoms with Crippen molar-refractivity contribution in [3.8, 4) is 0 Å². The van der Waals surface area contributed by atoms with Crippen molar-refractivity contribution in [2.24, 2.45) is 0 Å². The molecule has 0 fully saturated rings. The molecular weight excluding hydrogens is 209 g/mol. The normalized spacial score (nSPS) is 9.27. The van der Waals surface area contributed by atoms with Gasteiger partial charge in [0.25, 0.3) is 0 Å². The van der Waals surface area contributed by atoms with Gasteiger partial charge < -0.3 is 0 Å². The largest absolute Gasteiger partial charge is 0.235 e. The number of hydrogen-bond donors (Lipinski definition) is 0. The highest BCUT2D eigenvalue weighted by Gasteiger charge is 2.05. The Morgan fingerprint density at radius 3 is 2.64 bits per heavy atom. The standard InChI is InChI=1S/C8H5BrFN/c1-5-3-6(9)4-7(10)8(5)11-2/h3-4H,1H3. The van der Waals surface area contributed by atoms with Crippen molar-refractivity contribution in [1.29, 1.82) is 0 Å². The molecule has 0 saturated carbocycles. The first-order valence-electron chi connectivity index (χ1n) is 2.98. The Morgan fingerprint density at radius 2 is 2.18 bits per heavy atom. The van der Waals surface area contributed by atoms with Gasteiger partial charge in [0.05, 0.1) is 6.57 Å². The number of hydrogen-bond acceptors (Lipinski definition) is 0. The summed E-state index contributed by atoms with van der Waals surface area (Å²) in [5.41, 5.74) is 0.764. The van der Waals surface area contributed by atoms with E-state index in [0.717, 1.165) is 0 Å². The number of benzene rings is 1. The zero-order chi connectivity index (χ0) is 8.43. The summed E-state index contributed by atoms with van der Waals surface area (Å²) in [5.74, 6) is -0.466. The van der Waals surface area contributed by atoms with Crippen LogP contribution in [0.5, 0.6) is 0 Å². The summed E-state index contributed by atoms with van der Waals surface area (Å²) in [6, 6.07) is 3.01. The minimum Gasteiger partial charge on any atom is -0.235 e. The first-order valence-corrected chi connectivity index (χ1v) is 3.77. The SMILES string of the molecule is [C-]#[N+]c1c(C)cc(Br)cc1F. The van der Waals surface area contributed by atoms with E-state index >= 15 is 0 Å². The second-order valence-electron chi connectivity index (χ2n) is 2.16. The molecule has 0 spiro atoms. The Labute approximate surface area is 72.8 Å². The van der Waals surface area contributed by atoms with Crippen LogP contribution in [0, 0.1) is 19.3 Å². The van der Waals surface area contributed by atoms with Crippen molar-refractivity contribution in [3.05, 3.63) is 39.4 Å². The van der Waals surface area contributed by atoms with E-state index in [1.165, 1.54) is 6.07 Å². The summed E-state index contributed by atoms with van der Waals surface area (Å²) < 4.78 is 13.5. The summed E-state index contributed by atoms with van der Waals surface area (Å²) >= 11 is 3.13. The Kier molecular flexibility index (Phi) is 2.25. The van der Waals surface area contributed by atoms with E-state index in [0.29, 0.717) is 10.0 Å². The van der Waals surface area contributed by atoms with Crippen LogP contribution in [0.25, 0.3) is 4.85 Å². The molecule has 0 aliphatic rings. The minimum absolute atomic E-state index is 0.105. The molecule has 0 heterocycles. The lowest BCUT2D eigenvalue weighted by Gasteiger charge is -1.98. The Bertz CT molecular complexity index is 304. The van der Waals surface area contributed by atoms with Gasteiger partial charge in [-0.1, -0.05) is 22.0 Å². The van der Waals surface area contributed by atoms with Crippen molar-refractivity contribution in [2.45, 2.75) is 6.92 Å². The van der Waals surface area contributed by atoms with E-state index in [2.05, 4.69) is 20.8 Å². The van der Waals surface area contributed by atoms with E-state index in [-0.39, 0.29) is 5.69 Å². The van der Waals surface area contributed by atoms with Gasteiger partial charge >= 0.3 is 0 Å². The minimum atomic E-state index is -0.466. The number of halogens is 2. The molecule has 0 aliphatic carbocycles. The van der Waals surface area contributed by atoms with Gasteiger partial charge in [0.2, 0.25) is 5.69 Å². The summed E-state index contributed by atoms with van der Waals surface area (Å²) in [6.07, 6.45) is 0. The molecule has 0 aromatic heterocycles. The smallest absolute Gasteiger partial charge is 0.225 e. The molecule has 0 saturated heterocycles. The molecule has 11 heavy (non-hydrogen) atoms. The van der Waals surface area contributed by atoms with Crippen LogP contribution < -0.4 is 0 Å². The van der Waals surface area contributed by atoms with Crippen LogP contribution >= 0.6 is 15.9 Å². The van der Waals surface area contributed by atoms with E-state index in [1.807, 2.05) is 0 Å². The van der Waals surface area contributed by atoms with Gasteiger partial charge in [-0.15, -0.1) is 0 Å². The third-order valence-electron chi connectivity index (χ3n) is 1.33. The van der Waals surface area contributed by atoms with Crippen LogP contribution in [-0.2, 0) is 0 Å².